The van der Waals surface area contributed by atoms with E-state index in [2.05, 4.69) is 28.0 Å². The van der Waals surface area contributed by atoms with Crippen molar-refractivity contribution >= 4 is 5.91 Å². The van der Waals surface area contributed by atoms with Gasteiger partial charge in [-0.15, -0.1) is 0 Å². The summed E-state index contributed by atoms with van der Waals surface area (Å²) in [5.41, 5.74) is 2.23. The van der Waals surface area contributed by atoms with Crippen molar-refractivity contribution in [2.24, 2.45) is 0 Å². The van der Waals surface area contributed by atoms with Crippen LogP contribution in [-0.4, -0.2) is 56.7 Å². The van der Waals surface area contributed by atoms with Gasteiger partial charge < -0.3 is 4.90 Å². The molecule has 0 atom stereocenters. The minimum Gasteiger partial charge on any atom is -0.341 e. The van der Waals surface area contributed by atoms with Crippen LogP contribution in [0.2, 0.25) is 0 Å². The Balaban J connectivity index is 1.46. The molecule has 3 rings (SSSR count). The highest BCUT2D eigenvalue weighted by Gasteiger charge is 2.19. The number of pyridine rings is 1. The molecule has 3 heterocycles. The second-order valence-electron chi connectivity index (χ2n) is 6.53. The summed E-state index contributed by atoms with van der Waals surface area (Å²) in [5.74, 6) is 0.251. The Kier molecular flexibility index (Phi) is 6.17. The van der Waals surface area contributed by atoms with Gasteiger partial charge >= 0.3 is 0 Å². The van der Waals surface area contributed by atoms with Crippen LogP contribution >= 0.6 is 0 Å². The minimum absolute atomic E-state index is 0.251. The summed E-state index contributed by atoms with van der Waals surface area (Å²) in [6.07, 6.45) is 7.98. The SMILES string of the molecule is CCn1ccc(CN2CCCN(C(=O)CCc3cccnc3)CC2)n1. The van der Waals surface area contributed by atoms with Crippen LogP contribution in [0, 0.1) is 0 Å². The van der Waals surface area contributed by atoms with Crippen LogP contribution in [-0.2, 0) is 24.3 Å². The predicted octanol–water partition coefficient (Wildman–Crippen LogP) is 1.97. The molecule has 0 spiro atoms. The topological polar surface area (TPSA) is 54.3 Å². The number of hydrogen-bond acceptors (Lipinski definition) is 4. The normalized spacial score (nSPS) is 16.0. The second-order valence-corrected chi connectivity index (χ2v) is 6.53. The molecule has 0 unspecified atom stereocenters. The van der Waals surface area contributed by atoms with Gasteiger partial charge in [-0.05, 0) is 37.5 Å². The third-order valence-corrected chi connectivity index (χ3v) is 4.70. The van der Waals surface area contributed by atoms with Crippen LogP contribution in [0.4, 0.5) is 0 Å². The molecule has 2 aromatic heterocycles. The van der Waals surface area contributed by atoms with E-state index in [1.54, 1.807) is 6.20 Å². The smallest absolute Gasteiger partial charge is 0.222 e. The number of carbonyl (C=O) groups excluding carboxylic acids is 1. The van der Waals surface area contributed by atoms with Gasteiger partial charge in [-0.25, -0.2) is 0 Å². The molecule has 0 radical (unpaired) electrons. The lowest BCUT2D eigenvalue weighted by Gasteiger charge is -2.21. The first-order valence-electron chi connectivity index (χ1n) is 9.16. The number of amides is 1. The van der Waals surface area contributed by atoms with Gasteiger partial charge in [-0.2, -0.15) is 5.10 Å². The van der Waals surface area contributed by atoms with Gasteiger partial charge in [0.15, 0.2) is 0 Å². The zero-order valence-corrected chi connectivity index (χ0v) is 15.0. The fourth-order valence-corrected chi connectivity index (χ4v) is 3.23. The summed E-state index contributed by atoms with van der Waals surface area (Å²) in [7, 11) is 0. The van der Waals surface area contributed by atoms with E-state index in [1.807, 2.05) is 34.1 Å². The molecule has 0 N–H and O–H groups in total. The standard InChI is InChI=1S/C19H27N5O/c1-2-24-12-8-18(21-24)16-22-10-4-11-23(14-13-22)19(25)7-6-17-5-3-9-20-15-17/h3,5,8-9,12,15H,2,4,6-7,10-11,13-14,16H2,1H3. The van der Waals surface area contributed by atoms with Crippen molar-refractivity contribution in [3.63, 3.8) is 0 Å². The first-order chi connectivity index (χ1) is 12.2. The second kappa shape index (κ2) is 8.76. The van der Waals surface area contributed by atoms with E-state index < -0.39 is 0 Å². The van der Waals surface area contributed by atoms with Crippen molar-refractivity contribution in [2.45, 2.75) is 39.3 Å². The average Bonchev–Trinajstić information content (AvgIpc) is 2.97. The third kappa shape index (κ3) is 5.13. The van der Waals surface area contributed by atoms with Gasteiger partial charge in [-0.1, -0.05) is 6.07 Å². The zero-order valence-electron chi connectivity index (χ0n) is 15.0. The Hall–Kier alpha value is -2.21. The lowest BCUT2D eigenvalue weighted by atomic mass is 10.1. The maximum Gasteiger partial charge on any atom is 0.222 e. The summed E-state index contributed by atoms with van der Waals surface area (Å²) in [6, 6.07) is 6.04. The number of carbonyl (C=O) groups is 1. The number of rotatable bonds is 6. The third-order valence-electron chi connectivity index (χ3n) is 4.70. The molecule has 0 bridgehead atoms. The number of hydrogen-bond donors (Lipinski definition) is 0. The van der Waals surface area contributed by atoms with Gasteiger partial charge in [0.05, 0.1) is 5.69 Å². The first-order valence-corrected chi connectivity index (χ1v) is 9.16. The average molecular weight is 341 g/mol. The number of aryl methyl sites for hydroxylation is 2. The van der Waals surface area contributed by atoms with E-state index in [9.17, 15) is 4.79 Å². The van der Waals surface area contributed by atoms with Crippen LogP contribution in [0.25, 0.3) is 0 Å². The van der Waals surface area contributed by atoms with E-state index >= 15 is 0 Å². The molecule has 1 amide bonds. The quantitative estimate of drug-likeness (QED) is 0.806. The van der Waals surface area contributed by atoms with Crippen molar-refractivity contribution in [1.82, 2.24) is 24.6 Å². The molecule has 0 saturated carbocycles. The summed E-state index contributed by atoms with van der Waals surface area (Å²) in [5, 5.41) is 4.56. The van der Waals surface area contributed by atoms with Crippen molar-refractivity contribution < 1.29 is 4.79 Å². The lowest BCUT2D eigenvalue weighted by Crippen LogP contribution is -2.35. The molecule has 2 aromatic rings. The van der Waals surface area contributed by atoms with Crippen LogP contribution in [0.15, 0.2) is 36.8 Å². The van der Waals surface area contributed by atoms with E-state index in [0.717, 1.165) is 63.4 Å². The van der Waals surface area contributed by atoms with Crippen molar-refractivity contribution in [2.75, 3.05) is 26.2 Å². The molecule has 1 aliphatic heterocycles. The highest BCUT2D eigenvalue weighted by molar-refractivity contribution is 5.76. The molecular formula is C19H27N5O. The Morgan fingerprint density at radius 3 is 2.88 bits per heavy atom. The molecule has 6 heteroatoms. The Morgan fingerprint density at radius 2 is 2.12 bits per heavy atom. The van der Waals surface area contributed by atoms with Gasteiger partial charge in [0.1, 0.15) is 0 Å². The maximum atomic E-state index is 12.5. The molecule has 6 nitrogen and oxygen atoms in total. The van der Waals surface area contributed by atoms with E-state index in [0.29, 0.717) is 6.42 Å². The van der Waals surface area contributed by atoms with Crippen LogP contribution in [0.5, 0.6) is 0 Å². The van der Waals surface area contributed by atoms with E-state index in [4.69, 9.17) is 0 Å². The van der Waals surface area contributed by atoms with Crippen LogP contribution in [0.3, 0.4) is 0 Å². The monoisotopic (exact) mass is 341 g/mol. The molecule has 0 aliphatic carbocycles. The lowest BCUT2D eigenvalue weighted by molar-refractivity contribution is -0.131. The maximum absolute atomic E-state index is 12.5. The largest absolute Gasteiger partial charge is 0.341 e. The first kappa shape index (κ1) is 17.6. The summed E-state index contributed by atoms with van der Waals surface area (Å²) in [6.45, 7) is 7.46. The highest BCUT2D eigenvalue weighted by Crippen LogP contribution is 2.10. The molecule has 1 aliphatic rings. The van der Waals surface area contributed by atoms with E-state index in [1.165, 1.54) is 0 Å². The van der Waals surface area contributed by atoms with Crippen LogP contribution in [0.1, 0.15) is 31.0 Å². The van der Waals surface area contributed by atoms with Crippen LogP contribution < -0.4 is 0 Å². The number of nitrogens with zero attached hydrogens (tertiary/aromatic N) is 5. The Morgan fingerprint density at radius 1 is 1.20 bits per heavy atom. The Labute approximate surface area is 149 Å². The molecule has 1 saturated heterocycles. The summed E-state index contributed by atoms with van der Waals surface area (Å²) >= 11 is 0. The van der Waals surface area contributed by atoms with Crippen molar-refractivity contribution in [3.05, 3.63) is 48.0 Å². The predicted molar refractivity (Wildman–Crippen MR) is 96.9 cm³/mol. The molecular weight excluding hydrogens is 314 g/mol. The highest BCUT2D eigenvalue weighted by atomic mass is 16.2. The molecule has 25 heavy (non-hydrogen) atoms. The molecule has 134 valence electrons. The van der Waals surface area contributed by atoms with E-state index in [-0.39, 0.29) is 5.91 Å². The van der Waals surface area contributed by atoms with Gasteiger partial charge in [0, 0.05) is 64.3 Å². The van der Waals surface area contributed by atoms with Gasteiger partial charge in [-0.3, -0.25) is 19.4 Å². The Bertz CT molecular complexity index is 669. The van der Waals surface area contributed by atoms with Crippen molar-refractivity contribution in [1.29, 1.82) is 0 Å². The molecule has 0 aromatic carbocycles. The summed E-state index contributed by atoms with van der Waals surface area (Å²) in [4.78, 5) is 21.0. The zero-order chi connectivity index (χ0) is 17.5. The minimum atomic E-state index is 0.251. The molecule has 1 fully saturated rings. The van der Waals surface area contributed by atoms with Crippen molar-refractivity contribution in [3.8, 4) is 0 Å². The fourth-order valence-electron chi connectivity index (χ4n) is 3.23. The van der Waals surface area contributed by atoms with Gasteiger partial charge in [0.2, 0.25) is 5.91 Å². The number of aromatic nitrogens is 3. The fraction of sp³-hybridized carbons (Fsp3) is 0.526. The summed E-state index contributed by atoms with van der Waals surface area (Å²) < 4.78 is 1.96. The van der Waals surface area contributed by atoms with Gasteiger partial charge in [0.25, 0.3) is 0 Å².